The number of benzene rings is 3. The van der Waals surface area contributed by atoms with Crippen molar-refractivity contribution in [1.29, 1.82) is 0 Å². The van der Waals surface area contributed by atoms with Crippen molar-refractivity contribution in [2.45, 2.75) is 13.5 Å². The summed E-state index contributed by atoms with van der Waals surface area (Å²) < 4.78 is 11.3. The number of halogens is 2. The molecule has 0 atom stereocenters. The van der Waals surface area contributed by atoms with Crippen LogP contribution in [-0.2, 0) is 6.61 Å². The highest BCUT2D eigenvalue weighted by atomic mass is 35.5. The molecule has 0 spiro atoms. The van der Waals surface area contributed by atoms with Gasteiger partial charge in [-0.2, -0.15) is 0 Å². The van der Waals surface area contributed by atoms with Crippen LogP contribution >= 0.6 is 23.2 Å². The van der Waals surface area contributed by atoms with Crippen molar-refractivity contribution in [2.24, 2.45) is 4.99 Å². The largest absolute Gasteiger partial charge is 0.493 e. The second kappa shape index (κ2) is 9.65. The quantitative estimate of drug-likeness (QED) is 0.432. The van der Waals surface area contributed by atoms with Gasteiger partial charge in [-0.1, -0.05) is 41.4 Å². The Morgan fingerprint density at radius 2 is 1.83 bits per heavy atom. The molecule has 0 saturated carbocycles. The van der Waals surface area contributed by atoms with Crippen LogP contribution in [0.25, 0.3) is 0 Å². The average molecular weight is 444 g/mol. The molecule has 5 nitrogen and oxygen atoms in total. The number of carboxylic acids is 1. The molecule has 0 saturated heterocycles. The number of rotatable bonds is 7. The van der Waals surface area contributed by atoms with Crippen LogP contribution in [0.15, 0.2) is 59.6 Å². The third kappa shape index (κ3) is 5.12. The molecule has 0 aliphatic carbocycles. The van der Waals surface area contributed by atoms with Crippen LogP contribution in [0.3, 0.4) is 0 Å². The van der Waals surface area contributed by atoms with Gasteiger partial charge in [-0.3, -0.25) is 4.99 Å². The smallest absolute Gasteiger partial charge is 0.335 e. The second-order valence-corrected chi connectivity index (χ2v) is 7.28. The van der Waals surface area contributed by atoms with Crippen molar-refractivity contribution in [2.75, 3.05) is 7.11 Å². The lowest BCUT2D eigenvalue weighted by Gasteiger charge is -2.13. The third-order valence-corrected chi connectivity index (χ3v) is 5.12. The first-order chi connectivity index (χ1) is 14.4. The molecule has 30 heavy (non-hydrogen) atoms. The van der Waals surface area contributed by atoms with Gasteiger partial charge in [-0.05, 0) is 60.0 Å². The highest BCUT2D eigenvalue weighted by molar-refractivity contribution is 6.32. The predicted octanol–water partition coefficient (Wildman–Crippen LogP) is 6.34. The molecule has 1 N–H and O–H groups in total. The molecular formula is C23H19Cl2NO4. The minimum atomic E-state index is -0.975. The van der Waals surface area contributed by atoms with E-state index in [1.165, 1.54) is 19.2 Å². The van der Waals surface area contributed by atoms with E-state index < -0.39 is 5.97 Å². The molecular weight excluding hydrogens is 425 g/mol. The maximum atomic E-state index is 10.9. The van der Waals surface area contributed by atoms with Gasteiger partial charge in [0.05, 0.1) is 23.4 Å². The molecule has 0 aliphatic rings. The van der Waals surface area contributed by atoms with Gasteiger partial charge >= 0.3 is 5.97 Å². The molecule has 0 radical (unpaired) electrons. The molecule has 0 aromatic heterocycles. The molecule has 0 bridgehead atoms. The highest BCUT2D eigenvalue weighted by Crippen LogP contribution is 2.37. The zero-order valence-corrected chi connectivity index (χ0v) is 17.9. The summed E-state index contributed by atoms with van der Waals surface area (Å²) in [5, 5.41) is 10.0. The van der Waals surface area contributed by atoms with Gasteiger partial charge in [0.1, 0.15) is 6.61 Å². The highest BCUT2D eigenvalue weighted by Gasteiger charge is 2.12. The van der Waals surface area contributed by atoms with E-state index in [0.717, 1.165) is 22.4 Å². The molecule has 7 heteroatoms. The molecule has 3 aromatic rings. The summed E-state index contributed by atoms with van der Waals surface area (Å²) >= 11 is 12.6. The van der Waals surface area contributed by atoms with Crippen LogP contribution in [0.2, 0.25) is 10.0 Å². The molecule has 3 rings (SSSR count). The van der Waals surface area contributed by atoms with E-state index in [1.54, 1.807) is 30.5 Å². The van der Waals surface area contributed by atoms with E-state index in [2.05, 4.69) is 4.99 Å². The molecule has 154 valence electrons. The Hall–Kier alpha value is -3.02. The summed E-state index contributed by atoms with van der Waals surface area (Å²) in [5.41, 5.74) is 3.42. The van der Waals surface area contributed by atoms with Crippen LogP contribution in [0.1, 0.15) is 27.0 Å². The third-order valence-electron chi connectivity index (χ3n) is 4.43. The molecule has 3 aromatic carbocycles. The van der Waals surface area contributed by atoms with Gasteiger partial charge < -0.3 is 14.6 Å². The van der Waals surface area contributed by atoms with Crippen molar-refractivity contribution in [3.8, 4) is 11.5 Å². The first-order valence-corrected chi connectivity index (χ1v) is 9.76. The first-order valence-electron chi connectivity index (χ1n) is 9.00. The Kier molecular flexibility index (Phi) is 6.98. The number of carboxylic acid groups (broad SMARTS) is 1. The monoisotopic (exact) mass is 443 g/mol. The van der Waals surface area contributed by atoms with Crippen molar-refractivity contribution in [1.82, 2.24) is 0 Å². The fourth-order valence-corrected chi connectivity index (χ4v) is 3.18. The number of aliphatic imine (C=N–C) groups is 1. The van der Waals surface area contributed by atoms with E-state index >= 15 is 0 Å². The van der Waals surface area contributed by atoms with E-state index in [9.17, 15) is 4.79 Å². The number of ether oxygens (including phenoxy) is 2. The van der Waals surface area contributed by atoms with Gasteiger partial charge in [0.2, 0.25) is 0 Å². The Morgan fingerprint density at radius 3 is 2.50 bits per heavy atom. The van der Waals surface area contributed by atoms with Gasteiger partial charge in [-0.25, -0.2) is 4.79 Å². The lowest BCUT2D eigenvalue weighted by molar-refractivity contribution is 0.0697. The summed E-state index contributed by atoms with van der Waals surface area (Å²) in [6, 6.07) is 15.5. The summed E-state index contributed by atoms with van der Waals surface area (Å²) in [4.78, 5) is 15.4. The number of carbonyl (C=O) groups is 1. The van der Waals surface area contributed by atoms with Gasteiger partial charge in [0.15, 0.2) is 11.5 Å². The summed E-state index contributed by atoms with van der Waals surface area (Å²) in [6.07, 6.45) is 1.68. The molecule has 0 unspecified atom stereocenters. The van der Waals surface area contributed by atoms with E-state index in [1.807, 2.05) is 25.1 Å². The molecule has 0 amide bonds. The van der Waals surface area contributed by atoms with E-state index in [-0.39, 0.29) is 12.2 Å². The molecule has 0 aliphatic heterocycles. The molecule has 0 heterocycles. The number of aromatic carboxylic acids is 1. The van der Waals surface area contributed by atoms with E-state index in [4.69, 9.17) is 37.8 Å². The number of nitrogens with zero attached hydrogens (tertiary/aromatic N) is 1. The number of methoxy groups -OCH3 is 1. The normalized spacial score (nSPS) is 10.9. The lowest BCUT2D eigenvalue weighted by Crippen LogP contribution is -2.01. The van der Waals surface area contributed by atoms with Crippen molar-refractivity contribution < 1.29 is 19.4 Å². The zero-order valence-electron chi connectivity index (χ0n) is 16.4. The zero-order chi connectivity index (χ0) is 21.7. The summed E-state index contributed by atoms with van der Waals surface area (Å²) in [5.74, 6) is -0.108. The average Bonchev–Trinajstić information content (AvgIpc) is 2.74. The van der Waals surface area contributed by atoms with Gasteiger partial charge in [0, 0.05) is 11.2 Å². The summed E-state index contributed by atoms with van der Waals surface area (Å²) in [6.45, 7) is 2.12. The minimum Gasteiger partial charge on any atom is -0.493 e. The fraction of sp³-hybridized carbons (Fsp3) is 0.130. The van der Waals surface area contributed by atoms with Crippen molar-refractivity contribution in [3.63, 3.8) is 0 Å². The Bertz CT molecular complexity index is 1100. The number of hydrogen-bond donors (Lipinski definition) is 1. The van der Waals surface area contributed by atoms with Crippen LogP contribution in [0.4, 0.5) is 5.69 Å². The van der Waals surface area contributed by atoms with Gasteiger partial charge in [-0.15, -0.1) is 0 Å². The number of hydrogen-bond acceptors (Lipinski definition) is 4. The standard InChI is InChI=1S/C23H19Cl2NO4/c1-14-18(24)4-3-5-20(14)26-12-16-10-19(25)22(21(11-16)29-2)30-13-15-6-8-17(9-7-15)23(27)28/h3-12H,13H2,1-2H3,(H,27,28). The second-order valence-electron chi connectivity index (χ2n) is 6.47. The van der Waals surface area contributed by atoms with Crippen LogP contribution in [0.5, 0.6) is 11.5 Å². The summed E-state index contributed by atoms with van der Waals surface area (Å²) in [7, 11) is 1.53. The van der Waals surface area contributed by atoms with Crippen LogP contribution in [-0.4, -0.2) is 24.4 Å². The van der Waals surface area contributed by atoms with E-state index in [0.29, 0.717) is 21.5 Å². The fourth-order valence-electron chi connectivity index (χ4n) is 2.73. The SMILES string of the molecule is COc1cc(C=Nc2cccc(Cl)c2C)cc(Cl)c1OCc1ccc(C(=O)O)cc1. The molecule has 0 fully saturated rings. The van der Waals surface area contributed by atoms with Crippen molar-refractivity contribution in [3.05, 3.63) is 86.9 Å². The van der Waals surface area contributed by atoms with Crippen molar-refractivity contribution >= 4 is 41.1 Å². The maximum absolute atomic E-state index is 10.9. The predicted molar refractivity (Wildman–Crippen MR) is 119 cm³/mol. The Balaban J connectivity index is 1.79. The topological polar surface area (TPSA) is 68.1 Å². The maximum Gasteiger partial charge on any atom is 0.335 e. The Labute approximate surface area is 184 Å². The Morgan fingerprint density at radius 1 is 1.10 bits per heavy atom. The minimum absolute atomic E-state index is 0.213. The van der Waals surface area contributed by atoms with Gasteiger partial charge in [0.25, 0.3) is 0 Å². The lowest BCUT2D eigenvalue weighted by atomic mass is 10.1. The first kappa shape index (κ1) is 21.7. The van der Waals surface area contributed by atoms with Crippen LogP contribution in [0, 0.1) is 6.92 Å². The van der Waals surface area contributed by atoms with Crippen LogP contribution < -0.4 is 9.47 Å².